The Morgan fingerprint density at radius 3 is 2.18 bits per heavy atom. The molecule has 2 aromatic heterocycles. The van der Waals surface area contributed by atoms with Gasteiger partial charge in [0.2, 0.25) is 23.8 Å². The van der Waals surface area contributed by atoms with E-state index in [1.165, 1.54) is 19.3 Å². The largest absolute Gasteiger partial charge is 0.378 e. The second-order valence-corrected chi connectivity index (χ2v) is 10.7. The Morgan fingerprint density at radius 2 is 1.53 bits per heavy atom. The number of anilines is 3. The van der Waals surface area contributed by atoms with Crippen molar-refractivity contribution in [1.29, 1.82) is 0 Å². The van der Waals surface area contributed by atoms with E-state index in [0.29, 0.717) is 48.9 Å². The van der Waals surface area contributed by atoms with Crippen molar-refractivity contribution in [1.82, 2.24) is 29.8 Å². The zero-order chi connectivity index (χ0) is 25.2. The molecular formula is C26H38ClN9O2. The number of carbonyl (C=O) groups excluding carboxylic acids is 1. The van der Waals surface area contributed by atoms with Gasteiger partial charge in [0, 0.05) is 56.6 Å². The third-order valence-electron chi connectivity index (χ3n) is 8.13. The number of carbonyl (C=O) groups is 1. The van der Waals surface area contributed by atoms with Gasteiger partial charge in [-0.3, -0.25) is 4.79 Å². The standard InChI is InChI=1S/C26H37N9O2.ClH/c27-24-28-16-19(17-29-24)22-30-25(34-12-14-37-15-13-34)32-26(31-22)35(20-6-7-20)21-8-10-33(11-9-21)23(36)18-4-2-1-3-5-18;/h16-18,20-21H,1-15H2,(H2,27,28,29);1H. The molecule has 12 heteroatoms. The molecule has 11 nitrogen and oxygen atoms in total. The molecule has 2 aliphatic carbocycles. The number of hydrogen-bond donors (Lipinski definition) is 1. The van der Waals surface area contributed by atoms with Gasteiger partial charge >= 0.3 is 0 Å². The van der Waals surface area contributed by atoms with Crippen molar-refractivity contribution < 1.29 is 9.53 Å². The SMILES string of the molecule is Cl.Nc1ncc(-c2nc(N3CCOCC3)nc(N(C3CC3)C3CCN(C(=O)C4CCCCC4)CC3)n2)cn1. The van der Waals surface area contributed by atoms with E-state index < -0.39 is 0 Å². The van der Waals surface area contributed by atoms with E-state index in [9.17, 15) is 4.79 Å². The lowest BCUT2D eigenvalue weighted by molar-refractivity contribution is -0.137. The first-order valence-corrected chi connectivity index (χ1v) is 13.9. The van der Waals surface area contributed by atoms with Crippen molar-refractivity contribution in [2.45, 2.75) is 69.9 Å². The molecule has 4 fully saturated rings. The smallest absolute Gasteiger partial charge is 0.231 e. The predicted octanol–water partition coefficient (Wildman–Crippen LogP) is 2.71. The van der Waals surface area contributed by atoms with Gasteiger partial charge in [0.15, 0.2) is 5.82 Å². The third kappa shape index (κ3) is 5.93. The molecule has 0 spiro atoms. The van der Waals surface area contributed by atoms with Crippen LogP contribution in [0.5, 0.6) is 0 Å². The van der Waals surface area contributed by atoms with Gasteiger partial charge in [0.05, 0.1) is 18.8 Å². The van der Waals surface area contributed by atoms with Crippen molar-refractivity contribution in [3.63, 3.8) is 0 Å². The highest BCUT2D eigenvalue weighted by Crippen LogP contribution is 2.36. The number of halogens is 1. The Bertz CT molecular complexity index is 1080. The van der Waals surface area contributed by atoms with Gasteiger partial charge in [-0.2, -0.15) is 15.0 Å². The van der Waals surface area contributed by atoms with E-state index in [2.05, 4.69) is 24.7 Å². The molecule has 38 heavy (non-hydrogen) atoms. The van der Waals surface area contributed by atoms with Gasteiger partial charge in [-0.1, -0.05) is 19.3 Å². The average Bonchev–Trinajstić information content (AvgIpc) is 3.80. The van der Waals surface area contributed by atoms with Crippen LogP contribution in [0.1, 0.15) is 57.8 Å². The molecule has 4 aliphatic rings. The number of nitrogen functional groups attached to an aromatic ring is 1. The van der Waals surface area contributed by atoms with Crippen LogP contribution in [0, 0.1) is 5.92 Å². The minimum Gasteiger partial charge on any atom is -0.378 e. The summed E-state index contributed by atoms with van der Waals surface area (Å²) in [7, 11) is 0. The van der Waals surface area contributed by atoms with Crippen LogP contribution < -0.4 is 15.5 Å². The first kappa shape index (κ1) is 26.8. The number of ether oxygens (including phenoxy) is 1. The molecule has 2 aliphatic heterocycles. The van der Waals surface area contributed by atoms with E-state index in [1.807, 2.05) is 0 Å². The number of nitrogens with two attached hydrogens (primary N) is 1. The molecule has 1 amide bonds. The summed E-state index contributed by atoms with van der Waals surface area (Å²) in [4.78, 5) is 42.9. The van der Waals surface area contributed by atoms with Crippen LogP contribution in [0.4, 0.5) is 17.8 Å². The molecule has 2 N–H and O–H groups in total. The highest BCUT2D eigenvalue weighted by Gasteiger charge is 2.39. The van der Waals surface area contributed by atoms with Gasteiger partial charge in [-0.25, -0.2) is 9.97 Å². The summed E-state index contributed by atoms with van der Waals surface area (Å²) in [6.07, 6.45) is 13.2. The molecule has 0 aromatic carbocycles. The average molecular weight is 544 g/mol. The van der Waals surface area contributed by atoms with Crippen LogP contribution in [0.2, 0.25) is 0 Å². The number of piperidine rings is 1. The van der Waals surface area contributed by atoms with Crippen molar-refractivity contribution in [3.05, 3.63) is 12.4 Å². The Balaban J connectivity index is 0.00000294. The van der Waals surface area contributed by atoms with Crippen molar-refractivity contribution in [3.8, 4) is 11.4 Å². The molecule has 206 valence electrons. The van der Waals surface area contributed by atoms with Crippen LogP contribution in [0.3, 0.4) is 0 Å². The maximum atomic E-state index is 13.1. The van der Waals surface area contributed by atoms with Gasteiger partial charge in [-0.15, -0.1) is 12.4 Å². The summed E-state index contributed by atoms with van der Waals surface area (Å²) in [5, 5.41) is 0. The number of likely N-dealkylation sites (tertiary alicyclic amines) is 1. The summed E-state index contributed by atoms with van der Waals surface area (Å²) < 4.78 is 5.55. The lowest BCUT2D eigenvalue weighted by atomic mass is 9.87. The number of hydrogen-bond acceptors (Lipinski definition) is 10. The zero-order valence-electron chi connectivity index (χ0n) is 21.9. The molecule has 4 heterocycles. The summed E-state index contributed by atoms with van der Waals surface area (Å²) in [5.74, 6) is 2.76. The zero-order valence-corrected chi connectivity index (χ0v) is 22.7. The molecule has 0 bridgehead atoms. The van der Waals surface area contributed by atoms with Crippen LogP contribution >= 0.6 is 12.4 Å². The molecule has 0 unspecified atom stereocenters. The summed E-state index contributed by atoms with van der Waals surface area (Å²) in [6.45, 7) is 4.41. The molecular weight excluding hydrogens is 506 g/mol. The topological polar surface area (TPSA) is 126 Å². The maximum absolute atomic E-state index is 13.1. The Kier molecular flexibility index (Phi) is 8.42. The lowest BCUT2D eigenvalue weighted by Crippen LogP contribution is -2.49. The monoisotopic (exact) mass is 543 g/mol. The fourth-order valence-corrected chi connectivity index (χ4v) is 5.91. The van der Waals surface area contributed by atoms with Crippen LogP contribution in [0.15, 0.2) is 12.4 Å². The first-order chi connectivity index (χ1) is 18.2. The van der Waals surface area contributed by atoms with Crippen molar-refractivity contribution in [2.24, 2.45) is 5.92 Å². The maximum Gasteiger partial charge on any atom is 0.231 e. The quantitative estimate of drug-likeness (QED) is 0.581. The second-order valence-electron chi connectivity index (χ2n) is 10.7. The molecule has 0 atom stereocenters. The fraction of sp³-hybridized carbons (Fsp3) is 0.692. The van der Waals surface area contributed by atoms with E-state index in [0.717, 1.165) is 70.3 Å². The number of amides is 1. The minimum atomic E-state index is 0. The normalized spacial score (nSPS) is 21.2. The van der Waals surface area contributed by atoms with Crippen LogP contribution in [-0.4, -0.2) is 87.2 Å². The van der Waals surface area contributed by atoms with Gasteiger partial charge in [0.25, 0.3) is 0 Å². The molecule has 0 radical (unpaired) electrons. The van der Waals surface area contributed by atoms with Gasteiger partial charge < -0.3 is 25.2 Å². The highest BCUT2D eigenvalue weighted by atomic mass is 35.5. The van der Waals surface area contributed by atoms with Crippen molar-refractivity contribution >= 4 is 36.2 Å². The number of morpholine rings is 1. The Hall–Kier alpha value is -2.79. The van der Waals surface area contributed by atoms with Gasteiger partial charge in [-0.05, 0) is 38.5 Å². The highest BCUT2D eigenvalue weighted by molar-refractivity contribution is 5.85. The Labute approximate surface area is 230 Å². The fourth-order valence-electron chi connectivity index (χ4n) is 5.91. The van der Waals surface area contributed by atoms with E-state index in [1.54, 1.807) is 12.4 Å². The summed E-state index contributed by atoms with van der Waals surface area (Å²) in [6, 6.07) is 0.736. The van der Waals surface area contributed by atoms with Crippen LogP contribution in [-0.2, 0) is 9.53 Å². The van der Waals surface area contributed by atoms with Gasteiger partial charge in [0.1, 0.15) is 0 Å². The van der Waals surface area contributed by atoms with Crippen LogP contribution in [0.25, 0.3) is 11.4 Å². The third-order valence-corrected chi connectivity index (χ3v) is 8.13. The van der Waals surface area contributed by atoms with E-state index in [-0.39, 0.29) is 24.3 Å². The molecule has 2 saturated carbocycles. The number of rotatable bonds is 6. The predicted molar refractivity (Wildman–Crippen MR) is 147 cm³/mol. The molecule has 2 saturated heterocycles. The first-order valence-electron chi connectivity index (χ1n) is 13.9. The minimum absolute atomic E-state index is 0. The lowest BCUT2D eigenvalue weighted by Gasteiger charge is -2.40. The number of aromatic nitrogens is 5. The second kappa shape index (κ2) is 11.9. The number of nitrogens with zero attached hydrogens (tertiary/aromatic N) is 8. The summed E-state index contributed by atoms with van der Waals surface area (Å²) >= 11 is 0. The summed E-state index contributed by atoms with van der Waals surface area (Å²) in [5.41, 5.74) is 6.44. The Morgan fingerprint density at radius 1 is 0.868 bits per heavy atom. The van der Waals surface area contributed by atoms with E-state index in [4.69, 9.17) is 25.4 Å². The van der Waals surface area contributed by atoms with Crippen molar-refractivity contribution in [2.75, 3.05) is 54.9 Å². The molecule has 2 aromatic rings. The molecule has 6 rings (SSSR count). The van der Waals surface area contributed by atoms with E-state index >= 15 is 0 Å².